The van der Waals surface area contributed by atoms with Gasteiger partial charge in [0.25, 0.3) is 0 Å². The molecule has 0 fully saturated rings. The molecule has 0 aliphatic rings. The molecule has 2 nitrogen and oxygen atoms in total. The van der Waals surface area contributed by atoms with Crippen LogP contribution < -0.4 is 51.4 Å². The van der Waals surface area contributed by atoms with Gasteiger partial charge in [-0.2, -0.15) is 44.8 Å². The van der Waals surface area contributed by atoms with Crippen molar-refractivity contribution in [1.82, 2.24) is 0 Å². The summed E-state index contributed by atoms with van der Waals surface area (Å²) >= 11 is 0. The van der Waals surface area contributed by atoms with Crippen molar-refractivity contribution in [2.75, 3.05) is 0 Å². The summed E-state index contributed by atoms with van der Waals surface area (Å²) in [6.07, 6.45) is 0. The Morgan fingerprint density at radius 3 is 1.42 bits per heavy atom. The minimum absolute atomic E-state index is 0. The van der Waals surface area contributed by atoms with Gasteiger partial charge in [-0.05, 0) is 0 Å². The van der Waals surface area contributed by atoms with E-state index in [1.165, 1.54) is 0 Å². The van der Waals surface area contributed by atoms with E-state index in [-0.39, 0.29) is 51.4 Å². The first-order chi connectivity index (χ1) is 5.00. The van der Waals surface area contributed by atoms with Gasteiger partial charge in [0.1, 0.15) is 0 Å². The SMILES string of the molecule is O=S(=O)(F)F.[K+].[c-]1ccccc1. The van der Waals surface area contributed by atoms with Crippen LogP contribution in [0.4, 0.5) is 7.77 Å². The summed E-state index contributed by atoms with van der Waals surface area (Å²) < 4.78 is 36.6. The molecule has 0 atom stereocenters. The van der Waals surface area contributed by atoms with E-state index in [1.807, 2.05) is 30.3 Å². The van der Waals surface area contributed by atoms with Gasteiger partial charge in [-0.1, -0.05) is 7.77 Å². The van der Waals surface area contributed by atoms with Crippen LogP contribution in [0.15, 0.2) is 30.3 Å². The zero-order valence-corrected chi connectivity index (χ0v) is 10.3. The summed E-state index contributed by atoms with van der Waals surface area (Å²) in [6.45, 7) is 0. The van der Waals surface area contributed by atoms with E-state index in [4.69, 9.17) is 8.42 Å². The summed E-state index contributed by atoms with van der Waals surface area (Å²) in [5, 5.41) is 0. The molecule has 0 saturated carbocycles. The maximum atomic E-state index is 9.99. The number of rotatable bonds is 0. The average molecular weight is 218 g/mol. The molecule has 1 aromatic rings. The molecule has 0 unspecified atom stereocenters. The fraction of sp³-hybridized carbons (Fsp3) is 0. The normalized spacial score (nSPS) is 8.83. The third-order valence-corrected chi connectivity index (χ3v) is 0.607. The molecular weight excluding hydrogens is 213 g/mol. The van der Waals surface area contributed by atoms with Gasteiger partial charge in [-0.15, -0.1) is 0 Å². The third kappa shape index (κ3) is 22.4. The van der Waals surface area contributed by atoms with Crippen LogP contribution >= 0.6 is 0 Å². The molecule has 62 valence electrons. The summed E-state index contributed by atoms with van der Waals surface area (Å²) in [5.74, 6) is 0. The topological polar surface area (TPSA) is 34.1 Å². The van der Waals surface area contributed by atoms with Crippen molar-refractivity contribution in [3.05, 3.63) is 36.4 Å². The summed E-state index contributed by atoms with van der Waals surface area (Å²) in [6, 6.07) is 12.5. The largest absolute Gasteiger partial charge is 1.00 e. The van der Waals surface area contributed by atoms with Crippen LogP contribution in [0.5, 0.6) is 0 Å². The Hall–Kier alpha value is 0.666. The molecule has 0 radical (unpaired) electrons. The van der Waals surface area contributed by atoms with Crippen LogP contribution in [0.3, 0.4) is 0 Å². The van der Waals surface area contributed by atoms with Crippen molar-refractivity contribution in [2.45, 2.75) is 0 Å². The molecule has 12 heavy (non-hydrogen) atoms. The Kier molecular flexibility index (Phi) is 10.4. The molecule has 0 spiro atoms. The number of hydrogen-bond acceptors (Lipinski definition) is 2. The molecule has 0 N–H and O–H groups in total. The number of halogens is 2. The van der Waals surface area contributed by atoms with Crippen molar-refractivity contribution in [3.8, 4) is 0 Å². The van der Waals surface area contributed by atoms with E-state index >= 15 is 0 Å². The molecule has 1 aromatic carbocycles. The van der Waals surface area contributed by atoms with Crippen LogP contribution in [0, 0.1) is 6.07 Å². The Labute approximate surface area is 113 Å². The fourth-order valence-corrected chi connectivity index (χ4v) is 0.342. The van der Waals surface area contributed by atoms with Crippen LogP contribution in [-0.4, -0.2) is 8.42 Å². The molecule has 0 aliphatic carbocycles. The predicted octanol–water partition coefficient (Wildman–Crippen LogP) is -1.34. The predicted molar refractivity (Wildman–Crippen MR) is 36.4 cm³/mol. The van der Waals surface area contributed by atoms with Crippen molar-refractivity contribution in [1.29, 1.82) is 0 Å². The van der Waals surface area contributed by atoms with Gasteiger partial charge in [-0.25, -0.2) is 0 Å². The van der Waals surface area contributed by atoms with Crippen molar-refractivity contribution in [3.63, 3.8) is 0 Å². The van der Waals surface area contributed by atoms with Crippen LogP contribution in [0.25, 0.3) is 0 Å². The molecule has 0 saturated heterocycles. The van der Waals surface area contributed by atoms with Crippen LogP contribution in [0.1, 0.15) is 0 Å². The third-order valence-electron chi connectivity index (χ3n) is 0.607. The number of benzene rings is 1. The molecule has 0 aromatic heterocycles. The Bertz CT molecular complexity index is 240. The molecule has 0 amide bonds. The van der Waals surface area contributed by atoms with Gasteiger partial charge in [0.15, 0.2) is 0 Å². The first kappa shape index (κ1) is 15.2. The van der Waals surface area contributed by atoms with E-state index in [2.05, 4.69) is 6.07 Å². The van der Waals surface area contributed by atoms with Crippen LogP contribution in [0.2, 0.25) is 0 Å². The van der Waals surface area contributed by atoms with Crippen molar-refractivity contribution in [2.24, 2.45) is 0 Å². The zero-order valence-electron chi connectivity index (χ0n) is 6.37. The van der Waals surface area contributed by atoms with E-state index in [0.717, 1.165) is 0 Å². The van der Waals surface area contributed by atoms with Crippen molar-refractivity contribution >= 4 is 10.6 Å². The van der Waals surface area contributed by atoms with E-state index in [9.17, 15) is 7.77 Å². The monoisotopic (exact) mass is 218 g/mol. The number of hydrogen-bond donors (Lipinski definition) is 0. The standard InChI is InChI=1S/C6H5.F2O2S.K/c1-2-4-6-5-3-1;1-5(2,3)4;/h1-5H;;/q-1;;+1. The Morgan fingerprint density at radius 2 is 1.33 bits per heavy atom. The average Bonchev–Trinajstić information content (AvgIpc) is 1.88. The summed E-state index contributed by atoms with van der Waals surface area (Å²) in [7, 11) is -5.67. The second-order valence-electron chi connectivity index (χ2n) is 1.46. The Balaban J connectivity index is 0. The van der Waals surface area contributed by atoms with Gasteiger partial charge >= 0.3 is 62.0 Å². The second-order valence-corrected chi connectivity index (χ2v) is 2.21. The van der Waals surface area contributed by atoms with Gasteiger partial charge in [0.2, 0.25) is 0 Å². The molecular formula is C6H5F2KO2S. The molecule has 0 heterocycles. The summed E-state index contributed by atoms with van der Waals surface area (Å²) in [5.41, 5.74) is 0. The maximum absolute atomic E-state index is 9.99. The maximum Gasteiger partial charge on any atom is 1.00 e. The second kappa shape index (κ2) is 8.27. The Morgan fingerprint density at radius 1 is 1.00 bits per heavy atom. The molecule has 0 bridgehead atoms. The van der Waals surface area contributed by atoms with Crippen LogP contribution in [-0.2, 0) is 10.6 Å². The minimum atomic E-state index is -5.67. The molecule has 1 rings (SSSR count). The summed E-state index contributed by atoms with van der Waals surface area (Å²) in [4.78, 5) is 0. The van der Waals surface area contributed by atoms with Gasteiger partial charge in [0, 0.05) is 0 Å². The van der Waals surface area contributed by atoms with E-state index in [1.54, 1.807) is 0 Å². The van der Waals surface area contributed by atoms with E-state index < -0.39 is 10.6 Å². The zero-order chi connectivity index (χ0) is 8.74. The molecule has 0 aliphatic heterocycles. The van der Waals surface area contributed by atoms with Gasteiger partial charge in [-0.3, -0.25) is 0 Å². The van der Waals surface area contributed by atoms with Crippen molar-refractivity contribution < 1.29 is 67.6 Å². The van der Waals surface area contributed by atoms with Gasteiger partial charge < -0.3 is 0 Å². The fourth-order valence-electron chi connectivity index (χ4n) is 0.342. The van der Waals surface area contributed by atoms with Gasteiger partial charge in [0.05, 0.1) is 0 Å². The minimum Gasteiger partial charge on any atom is -0.184 e. The molecule has 6 heteroatoms. The quantitative estimate of drug-likeness (QED) is 0.307. The first-order valence-corrected chi connectivity index (χ1v) is 3.84. The van der Waals surface area contributed by atoms with E-state index in [0.29, 0.717) is 0 Å². The smallest absolute Gasteiger partial charge is 0.184 e. The first-order valence-electron chi connectivity index (χ1n) is 2.55.